The number of nitrogens with zero attached hydrogens (tertiary/aromatic N) is 1. The van der Waals surface area contributed by atoms with Gasteiger partial charge in [-0.25, -0.2) is 0 Å². The molecule has 80 valence electrons. The maximum atomic E-state index is 5.13. The number of benzene rings is 1. The Labute approximate surface area is 96.6 Å². The molecule has 1 rings (SSSR count). The molecule has 0 saturated carbocycles. The number of thiocarbonyl (C=S) groups is 1. The average molecular weight is 220 g/mol. The van der Waals surface area contributed by atoms with Crippen LogP contribution in [0.25, 0.3) is 5.70 Å². The fourth-order valence-corrected chi connectivity index (χ4v) is 1.34. The highest BCUT2D eigenvalue weighted by atomic mass is 32.1. The van der Waals surface area contributed by atoms with Gasteiger partial charge in [0.05, 0.1) is 0 Å². The Morgan fingerprint density at radius 2 is 1.87 bits per heavy atom. The molecule has 2 nitrogen and oxygen atoms in total. The number of rotatable bonds is 2. The van der Waals surface area contributed by atoms with Crippen LogP contribution in [0.2, 0.25) is 0 Å². The zero-order valence-corrected chi connectivity index (χ0v) is 10.2. The lowest BCUT2D eigenvalue weighted by Gasteiger charge is -2.22. The van der Waals surface area contributed by atoms with Gasteiger partial charge in [-0.3, -0.25) is 0 Å². The van der Waals surface area contributed by atoms with Gasteiger partial charge in [-0.05, 0) is 24.7 Å². The van der Waals surface area contributed by atoms with Crippen molar-refractivity contribution in [2.45, 2.75) is 6.92 Å². The van der Waals surface area contributed by atoms with Crippen molar-refractivity contribution in [2.75, 3.05) is 14.1 Å². The standard InChI is InChI=1S/C12H16N2S/c1-9-5-7-11(8-6-9)10(2)14(4)12(15)13-3/h5-8H,2H2,1,3-4H3,(H,13,15). The monoisotopic (exact) mass is 220 g/mol. The minimum Gasteiger partial charge on any atom is -0.365 e. The van der Waals surface area contributed by atoms with Gasteiger partial charge in [0.2, 0.25) is 0 Å². The van der Waals surface area contributed by atoms with E-state index in [1.54, 1.807) is 7.05 Å². The molecule has 0 saturated heterocycles. The SMILES string of the molecule is C=C(c1ccc(C)cc1)N(C)C(=S)NC. The molecule has 3 heteroatoms. The zero-order valence-electron chi connectivity index (χ0n) is 9.37. The Morgan fingerprint density at radius 3 is 2.33 bits per heavy atom. The zero-order chi connectivity index (χ0) is 11.4. The van der Waals surface area contributed by atoms with Crippen LogP contribution in [0.3, 0.4) is 0 Å². The third kappa shape index (κ3) is 2.80. The smallest absolute Gasteiger partial charge is 0.172 e. The summed E-state index contributed by atoms with van der Waals surface area (Å²) >= 11 is 5.13. The van der Waals surface area contributed by atoms with E-state index < -0.39 is 0 Å². The molecule has 1 aromatic rings. The van der Waals surface area contributed by atoms with Crippen LogP contribution in [0.15, 0.2) is 30.8 Å². The second kappa shape index (κ2) is 4.94. The molecule has 0 aliphatic rings. The van der Waals surface area contributed by atoms with Gasteiger partial charge in [-0.2, -0.15) is 0 Å². The van der Waals surface area contributed by atoms with Crippen LogP contribution in [-0.4, -0.2) is 24.1 Å². The highest BCUT2D eigenvalue weighted by Gasteiger charge is 2.07. The van der Waals surface area contributed by atoms with E-state index in [-0.39, 0.29) is 0 Å². The van der Waals surface area contributed by atoms with Crippen molar-refractivity contribution in [1.82, 2.24) is 10.2 Å². The van der Waals surface area contributed by atoms with Crippen LogP contribution in [0.4, 0.5) is 0 Å². The summed E-state index contributed by atoms with van der Waals surface area (Å²) in [4.78, 5) is 1.86. The third-order valence-electron chi connectivity index (χ3n) is 2.31. The fraction of sp³-hybridized carbons (Fsp3) is 0.250. The Bertz CT molecular complexity index is 368. The highest BCUT2D eigenvalue weighted by Crippen LogP contribution is 2.16. The molecule has 0 aromatic heterocycles. The summed E-state index contributed by atoms with van der Waals surface area (Å²) in [5.74, 6) is 0. The molecule has 0 radical (unpaired) electrons. The summed E-state index contributed by atoms with van der Waals surface area (Å²) in [5.41, 5.74) is 3.22. The summed E-state index contributed by atoms with van der Waals surface area (Å²) < 4.78 is 0. The van der Waals surface area contributed by atoms with E-state index in [1.807, 2.05) is 24.1 Å². The fourth-order valence-electron chi connectivity index (χ4n) is 1.23. The van der Waals surface area contributed by atoms with Gasteiger partial charge in [0.25, 0.3) is 0 Å². The lowest BCUT2D eigenvalue weighted by atomic mass is 10.1. The normalized spacial score (nSPS) is 9.53. The van der Waals surface area contributed by atoms with Crippen molar-refractivity contribution >= 4 is 23.0 Å². The van der Waals surface area contributed by atoms with E-state index in [0.29, 0.717) is 5.11 Å². The van der Waals surface area contributed by atoms with Gasteiger partial charge >= 0.3 is 0 Å². The van der Waals surface area contributed by atoms with Gasteiger partial charge in [0, 0.05) is 19.8 Å². The highest BCUT2D eigenvalue weighted by molar-refractivity contribution is 7.80. The molecular formula is C12H16N2S. The number of hydrogen-bond acceptors (Lipinski definition) is 1. The quantitative estimate of drug-likeness (QED) is 0.771. The van der Waals surface area contributed by atoms with E-state index in [0.717, 1.165) is 11.3 Å². The van der Waals surface area contributed by atoms with E-state index in [4.69, 9.17) is 12.2 Å². The van der Waals surface area contributed by atoms with Crippen molar-refractivity contribution in [2.24, 2.45) is 0 Å². The third-order valence-corrected chi connectivity index (χ3v) is 2.79. The second-order valence-corrected chi connectivity index (χ2v) is 3.81. The van der Waals surface area contributed by atoms with E-state index in [2.05, 4.69) is 31.0 Å². The average Bonchev–Trinajstić information content (AvgIpc) is 2.27. The predicted octanol–water partition coefficient (Wildman–Crippen LogP) is 2.40. The first-order valence-electron chi connectivity index (χ1n) is 4.77. The first-order valence-corrected chi connectivity index (χ1v) is 5.18. The molecule has 0 fully saturated rings. The molecule has 0 aliphatic carbocycles. The number of aryl methyl sites for hydroxylation is 1. The van der Waals surface area contributed by atoms with Crippen molar-refractivity contribution in [3.8, 4) is 0 Å². The molecule has 0 spiro atoms. The van der Waals surface area contributed by atoms with E-state index in [1.165, 1.54) is 5.56 Å². The van der Waals surface area contributed by atoms with Crippen LogP contribution in [0.1, 0.15) is 11.1 Å². The minimum atomic E-state index is 0.667. The molecule has 0 bridgehead atoms. The molecule has 0 amide bonds. The largest absolute Gasteiger partial charge is 0.365 e. The number of nitrogens with one attached hydrogen (secondary N) is 1. The first-order chi connectivity index (χ1) is 7.06. The molecule has 0 unspecified atom stereocenters. The topological polar surface area (TPSA) is 15.3 Å². The van der Waals surface area contributed by atoms with E-state index >= 15 is 0 Å². The molecule has 1 aromatic carbocycles. The lowest BCUT2D eigenvalue weighted by molar-refractivity contribution is 0.704. The Kier molecular flexibility index (Phi) is 3.86. The molecule has 0 atom stereocenters. The first kappa shape index (κ1) is 11.7. The Morgan fingerprint density at radius 1 is 1.33 bits per heavy atom. The summed E-state index contributed by atoms with van der Waals surface area (Å²) in [6.07, 6.45) is 0. The summed E-state index contributed by atoms with van der Waals surface area (Å²) in [7, 11) is 3.71. The molecule has 0 aliphatic heterocycles. The summed E-state index contributed by atoms with van der Waals surface area (Å²) in [5, 5.41) is 3.59. The van der Waals surface area contributed by atoms with Crippen molar-refractivity contribution in [3.05, 3.63) is 42.0 Å². The maximum Gasteiger partial charge on any atom is 0.172 e. The lowest BCUT2D eigenvalue weighted by Crippen LogP contribution is -2.32. The van der Waals surface area contributed by atoms with Gasteiger partial charge in [0.15, 0.2) is 5.11 Å². The maximum absolute atomic E-state index is 5.13. The van der Waals surface area contributed by atoms with Gasteiger partial charge in [-0.15, -0.1) is 0 Å². The van der Waals surface area contributed by atoms with Crippen molar-refractivity contribution in [1.29, 1.82) is 0 Å². The predicted molar refractivity (Wildman–Crippen MR) is 69.6 cm³/mol. The summed E-state index contributed by atoms with van der Waals surface area (Å²) in [6.45, 7) is 6.09. The van der Waals surface area contributed by atoms with Crippen LogP contribution in [0.5, 0.6) is 0 Å². The van der Waals surface area contributed by atoms with Gasteiger partial charge in [0.1, 0.15) is 0 Å². The van der Waals surface area contributed by atoms with Gasteiger partial charge in [-0.1, -0.05) is 36.4 Å². The number of hydrogen-bond donors (Lipinski definition) is 1. The molecular weight excluding hydrogens is 204 g/mol. The summed E-state index contributed by atoms with van der Waals surface area (Å²) in [6, 6.07) is 8.23. The minimum absolute atomic E-state index is 0.667. The van der Waals surface area contributed by atoms with Crippen molar-refractivity contribution < 1.29 is 0 Å². The van der Waals surface area contributed by atoms with Gasteiger partial charge < -0.3 is 10.2 Å². The molecule has 1 N–H and O–H groups in total. The second-order valence-electron chi connectivity index (χ2n) is 3.43. The van der Waals surface area contributed by atoms with Crippen LogP contribution < -0.4 is 5.32 Å². The van der Waals surface area contributed by atoms with E-state index in [9.17, 15) is 0 Å². The molecule has 0 heterocycles. The van der Waals surface area contributed by atoms with Crippen LogP contribution in [0, 0.1) is 6.92 Å². The van der Waals surface area contributed by atoms with Crippen LogP contribution >= 0.6 is 12.2 Å². The van der Waals surface area contributed by atoms with Crippen LogP contribution in [-0.2, 0) is 0 Å². The molecule has 15 heavy (non-hydrogen) atoms. The van der Waals surface area contributed by atoms with Crippen molar-refractivity contribution in [3.63, 3.8) is 0 Å². The Hall–Kier alpha value is -1.35. The Balaban J connectivity index is 2.85.